The molecule has 8 nitrogen and oxygen atoms in total. The van der Waals surface area contributed by atoms with Crippen molar-refractivity contribution in [3.8, 4) is 5.75 Å². The zero-order valence-electron chi connectivity index (χ0n) is 19.4. The van der Waals surface area contributed by atoms with E-state index >= 15 is 0 Å². The first-order valence-corrected chi connectivity index (χ1v) is 12.4. The van der Waals surface area contributed by atoms with Gasteiger partial charge in [0, 0.05) is 49.6 Å². The van der Waals surface area contributed by atoms with Crippen LogP contribution in [0.25, 0.3) is 6.08 Å². The molecule has 0 N–H and O–H groups in total. The maximum atomic E-state index is 12.7. The van der Waals surface area contributed by atoms with E-state index in [1.54, 1.807) is 12.1 Å². The summed E-state index contributed by atoms with van der Waals surface area (Å²) in [5, 5.41) is 11.6. The van der Waals surface area contributed by atoms with Gasteiger partial charge in [-0.1, -0.05) is 36.4 Å². The van der Waals surface area contributed by atoms with Crippen LogP contribution in [0.1, 0.15) is 11.1 Å². The van der Waals surface area contributed by atoms with Gasteiger partial charge in [0.25, 0.3) is 11.6 Å². The van der Waals surface area contributed by atoms with Gasteiger partial charge in [0.05, 0.1) is 9.83 Å². The molecular weight excluding hydrogens is 476 g/mol. The van der Waals surface area contributed by atoms with E-state index in [-0.39, 0.29) is 18.2 Å². The van der Waals surface area contributed by atoms with Crippen molar-refractivity contribution in [2.24, 2.45) is 4.99 Å². The fraction of sp³-hybridized carbons (Fsp3) is 0.185. The molecular formula is C27H24N4O4S. The largest absolute Gasteiger partial charge is 0.488 e. The van der Waals surface area contributed by atoms with Crippen LogP contribution in [0.3, 0.4) is 0 Å². The van der Waals surface area contributed by atoms with Crippen molar-refractivity contribution in [1.82, 2.24) is 4.90 Å². The first kappa shape index (κ1) is 23.6. The highest BCUT2D eigenvalue weighted by Gasteiger charge is 2.28. The van der Waals surface area contributed by atoms with E-state index in [0.717, 1.165) is 42.5 Å². The summed E-state index contributed by atoms with van der Waals surface area (Å²) in [5.41, 5.74) is 2.84. The van der Waals surface area contributed by atoms with Gasteiger partial charge in [-0.25, -0.2) is 0 Å². The van der Waals surface area contributed by atoms with Crippen LogP contribution >= 0.6 is 11.8 Å². The molecule has 3 aromatic rings. The van der Waals surface area contributed by atoms with Gasteiger partial charge in [-0.15, -0.1) is 0 Å². The number of amidine groups is 1. The first-order chi connectivity index (χ1) is 17.6. The summed E-state index contributed by atoms with van der Waals surface area (Å²) in [6.45, 7) is 3.60. The van der Waals surface area contributed by atoms with E-state index < -0.39 is 4.92 Å². The molecule has 36 heavy (non-hydrogen) atoms. The van der Waals surface area contributed by atoms with Crippen molar-refractivity contribution < 1.29 is 14.5 Å². The molecule has 0 bridgehead atoms. The molecule has 0 aliphatic carbocycles. The molecule has 0 spiro atoms. The van der Waals surface area contributed by atoms with Crippen LogP contribution in [0.2, 0.25) is 0 Å². The number of nitro groups is 1. The Morgan fingerprint density at radius 3 is 2.31 bits per heavy atom. The highest BCUT2D eigenvalue weighted by Crippen LogP contribution is 2.33. The number of benzene rings is 3. The standard InChI is InChI=1S/C27H24N4O4S/c32-26-25(36-27(28-26)30-16-14-29(15-17-30)22-7-2-1-3-8-22)18-21-6-4-5-9-24(21)35-19-20-10-12-23(13-11-20)31(33)34/h1-13,18H,14-17,19H2. The molecule has 0 atom stereocenters. The highest BCUT2D eigenvalue weighted by molar-refractivity contribution is 8.18. The third-order valence-corrected chi connectivity index (χ3v) is 7.07. The van der Waals surface area contributed by atoms with Crippen molar-refractivity contribution in [3.05, 3.63) is 105 Å². The van der Waals surface area contributed by atoms with Crippen LogP contribution in [0, 0.1) is 10.1 Å². The number of aliphatic imine (C=N–C) groups is 1. The van der Waals surface area contributed by atoms with E-state index in [1.807, 2.05) is 48.5 Å². The van der Waals surface area contributed by atoms with Crippen LogP contribution in [0.4, 0.5) is 11.4 Å². The lowest BCUT2D eigenvalue weighted by atomic mass is 10.1. The quantitative estimate of drug-likeness (QED) is 0.268. The monoisotopic (exact) mass is 500 g/mol. The number of piperazine rings is 1. The lowest BCUT2D eigenvalue weighted by Crippen LogP contribution is -2.47. The van der Waals surface area contributed by atoms with Crippen LogP contribution in [0.15, 0.2) is 88.8 Å². The molecule has 1 amide bonds. The molecule has 0 saturated carbocycles. The molecule has 2 heterocycles. The molecule has 0 radical (unpaired) electrons. The second-order valence-corrected chi connectivity index (χ2v) is 9.38. The smallest absolute Gasteiger partial charge is 0.286 e. The van der Waals surface area contributed by atoms with Gasteiger partial charge in [0.15, 0.2) is 5.17 Å². The molecule has 1 saturated heterocycles. The molecule has 182 valence electrons. The number of anilines is 1. The maximum Gasteiger partial charge on any atom is 0.286 e. The second kappa shape index (κ2) is 10.7. The summed E-state index contributed by atoms with van der Waals surface area (Å²) >= 11 is 1.39. The Morgan fingerprint density at radius 2 is 1.58 bits per heavy atom. The van der Waals surface area contributed by atoms with Gasteiger partial charge < -0.3 is 14.5 Å². The Labute approximate surface area is 213 Å². The molecule has 5 rings (SSSR count). The fourth-order valence-corrected chi connectivity index (χ4v) is 5.03. The maximum absolute atomic E-state index is 12.7. The zero-order chi connectivity index (χ0) is 24.9. The lowest BCUT2D eigenvalue weighted by Gasteiger charge is -2.36. The van der Waals surface area contributed by atoms with Crippen LogP contribution in [-0.2, 0) is 11.4 Å². The van der Waals surface area contributed by atoms with E-state index in [1.165, 1.54) is 29.6 Å². The predicted molar refractivity (Wildman–Crippen MR) is 142 cm³/mol. The van der Waals surface area contributed by atoms with Crippen molar-refractivity contribution in [2.75, 3.05) is 31.1 Å². The number of rotatable bonds is 6. The van der Waals surface area contributed by atoms with Crippen molar-refractivity contribution in [2.45, 2.75) is 6.61 Å². The molecule has 9 heteroatoms. The number of para-hydroxylation sites is 2. The molecule has 3 aromatic carbocycles. The van der Waals surface area contributed by atoms with Gasteiger partial charge >= 0.3 is 0 Å². The Morgan fingerprint density at radius 1 is 0.917 bits per heavy atom. The summed E-state index contributed by atoms with van der Waals surface area (Å²) in [6, 6.07) is 24.1. The number of ether oxygens (including phenoxy) is 1. The van der Waals surface area contributed by atoms with E-state index in [4.69, 9.17) is 4.74 Å². The van der Waals surface area contributed by atoms with E-state index in [0.29, 0.717) is 10.7 Å². The number of carbonyl (C=O) groups excluding carboxylic acids is 1. The van der Waals surface area contributed by atoms with E-state index in [2.05, 4.69) is 26.9 Å². The van der Waals surface area contributed by atoms with Gasteiger partial charge in [-0.2, -0.15) is 4.99 Å². The van der Waals surface area contributed by atoms with Crippen molar-refractivity contribution >= 4 is 40.3 Å². The van der Waals surface area contributed by atoms with Crippen LogP contribution in [0.5, 0.6) is 5.75 Å². The number of hydrogen-bond donors (Lipinski definition) is 0. The summed E-state index contributed by atoms with van der Waals surface area (Å²) in [7, 11) is 0. The Kier molecular flexibility index (Phi) is 6.99. The third kappa shape index (κ3) is 5.41. The molecule has 1 fully saturated rings. The van der Waals surface area contributed by atoms with Crippen LogP contribution < -0.4 is 9.64 Å². The van der Waals surface area contributed by atoms with Crippen molar-refractivity contribution in [3.63, 3.8) is 0 Å². The first-order valence-electron chi connectivity index (χ1n) is 11.6. The number of nitrogens with zero attached hydrogens (tertiary/aromatic N) is 4. The average molecular weight is 501 g/mol. The predicted octanol–water partition coefficient (Wildman–Crippen LogP) is 4.97. The second-order valence-electron chi connectivity index (χ2n) is 8.37. The minimum atomic E-state index is -0.429. The minimum absolute atomic E-state index is 0.0398. The number of carbonyl (C=O) groups is 1. The van der Waals surface area contributed by atoms with Gasteiger partial charge in [-0.05, 0) is 53.7 Å². The average Bonchev–Trinajstić information content (AvgIpc) is 3.29. The number of non-ortho nitro benzene ring substituents is 1. The van der Waals surface area contributed by atoms with Gasteiger partial charge in [0.1, 0.15) is 12.4 Å². The summed E-state index contributed by atoms with van der Waals surface area (Å²) in [4.78, 5) is 32.5. The van der Waals surface area contributed by atoms with Crippen molar-refractivity contribution in [1.29, 1.82) is 0 Å². The number of hydrogen-bond acceptors (Lipinski definition) is 7. The topological polar surface area (TPSA) is 88.3 Å². The molecule has 0 unspecified atom stereocenters. The molecule has 2 aliphatic heterocycles. The van der Waals surface area contributed by atoms with Gasteiger partial charge in [-0.3, -0.25) is 14.9 Å². The lowest BCUT2D eigenvalue weighted by molar-refractivity contribution is -0.384. The van der Waals surface area contributed by atoms with E-state index in [9.17, 15) is 14.9 Å². The highest BCUT2D eigenvalue weighted by atomic mass is 32.2. The zero-order valence-corrected chi connectivity index (χ0v) is 20.3. The number of amides is 1. The normalized spacial score (nSPS) is 16.8. The Hall–Kier alpha value is -4.11. The fourth-order valence-electron chi connectivity index (χ4n) is 4.08. The molecule has 2 aliphatic rings. The van der Waals surface area contributed by atoms with Crippen LogP contribution in [-0.4, -0.2) is 47.1 Å². The number of thioether (sulfide) groups is 1. The summed E-state index contributed by atoms with van der Waals surface area (Å²) in [6.07, 6.45) is 1.81. The Bertz CT molecular complexity index is 1320. The SMILES string of the molecule is O=C1N=C(N2CCN(c3ccccc3)CC2)SC1=Cc1ccccc1OCc1ccc([N+](=O)[O-])cc1. The molecule has 0 aromatic heterocycles. The summed E-state index contributed by atoms with van der Waals surface area (Å²) < 4.78 is 5.98. The van der Waals surface area contributed by atoms with Gasteiger partial charge in [0.2, 0.25) is 0 Å². The third-order valence-electron chi connectivity index (χ3n) is 6.03. The Balaban J connectivity index is 1.22. The minimum Gasteiger partial charge on any atom is -0.488 e. The number of nitro benzene ring substituents is 1. The summed E-state index contributed by atoms with van der Waals surface area (Å²) in [5.74, 6) is 0.382.